The van der Waals surface area contributed by atoms with Gasteiger partial charge in [-0.05, 0) is 12.1 Å². The van der Waals surface area contributed by atoms with Gasteiger partial charge in [0.2, 0.25) is 0 Å². The lowest BCUT2D eigenvalue weighted by molar-refractivity contribution is -0.241. The predicted octanol–water partition coefficient (Wildman–Crippen LogP) is 1.26. The van der Waals surface area contributed by atoms with Crippen LogP contribution in [0, 0.1) is 0 Å². The van der Waals surface area contributed by atoms with Gasteiger partial charge in [-0.25, -0.2) is 4.68 Å². The first-order valence-electron chi connectivity index (χ1n) is 9.73. The van der Waals surface area contributed by atoms with Crippen molar-refractivity contribution in [2.24, 2.45) is 0 Å². The molecule has 4 atom stereocenters. The predicted molar refractivity (Wildman–Crippen MR) is 104 cm³/mol. The maximum atomic E-state index is 12.7. The van der Waals surface area contributed by atoms with Gasteiger partial charge < -0.3 is 24.3 Å². The highest BCUT2D eigenvalue weighted by Crippen LogP contribution is 2.33. The number of nitrogens with zero attached hydrogens (tertiary/aromatic N) is 3. The number of carbonyl (C=O) groups is 4. The van der Waals surface area contributed by atoms with Crippen molar-refractivity contribution in [1.82, 2.24) is 15.0 Å². The SMILES string of the molecule is CC(=O)O[C@@H]1[C@H](OC(C)=O)[C@@H](n2nnc3c(NC(=O)C(F)(F)F)cccc32)OC[C@H]1OC(C)=O. The number of carbonyl (C=O) groups excluding carboxylic acids is 4. The molecule has 1 aliphatic heterocycles. The number of nitrogens with one attached hydrogen (secondary N) is 1. The van der Waals surface area contributed by atoms with Crippen molar-refractivity contribution >= 4 is 40.5 Å². The zero-order valence-corrected chi connectivity index (χ0v) is 18.0. The molecule has 0 radical (unpaired) electrons. The minimum Gasteiger partial charge on any atom is -0.456 e. The lowest BCUT2D eigenvalue weighted by atomic mass is 10.0. The molecule has 0 saturated carbocycles. The normalized spacial score (nSPS) is 22.6. The number of hydrogen-bond acceptors (Lipinski definition) is 10. The molecule has 0 aliphatic carbocycles. The van der Waals surface area contributed by atoms with Gasteiger partial charge in [0.05, 0.1) is 17.8 Å². The Balaban J connectivity index is 2.02. The van der Waals surface area contributed by atoms with E-state index in [1.807, 2.05) is 0 Å². The van der Waals surface area contributed by atoms with E-state index >= 15 is 0 Å². The number of fused-ring (bicyclic) bond motifs is 1. The molecule has 1 aliphatic rings. The van der Waals surface area contributed by atoms with Crippen molar-refractivity contribution in [3.8, 4) is 0 Å². The van der Waals surface area contributed by atoms with Crippen LogP contribution in [0.25, 0.3) is 11.0 Å². The highest BCUT2D eigenvalue weighted by molar-refractivity contribution is 6.01. The summed E-state index contributed by atoms with van der Waals surface area (Å²) in [7, 11) is 0. The number of hydrogen-bond donors (Lipinski definition) is 1. The van der Waals surface area contributed by atoms with E-state index in [1.165, 1.54) is 18.2 Å². The zero-order chi connectivity index (χ0) is 25.2. The van der Waals surface area contributed by atoms with E-state index < -0.39 is 54.5 Å². The molecule has 1 N–H and O–H groups in total. The van der Waals surface area contributed by atoms with Gasteiger partial charge in [-0.1, -0.05) is 11.3 Å². The van der Waals surface area contributed by atoms with Crippen LogP contribution in [0.5, 0.6) is 0 Å². The molecule has 1 aromatic carbocycles. The van der Waals surface area contributed by atoms with E-state index in [-0.39, 0.29) is 23.3 Å². The summed E-state index contributed by atoms with van der Waals surface area (Å²) < 4.78 is 60.5. The highest BCUT2D eigenvalue weighted by atomic mass is 19.4. The molecule has 1 aromatic heterocycles. The average Bonchev–Trinajstić information content (AvgIpc) is 3.13. The van der Waals surface area contributed by atoms with E-state index in [0.29, 0.717) is 0 Å². The van der Waals surface area contributed by atoms with Gasteiger partial charge in [0.15, 0.2) is 24.5 Å². The number of esters is 3. The monoisotopic (exact) mass is 488 g/mol. The summed E-state index contributed by atoms with van der Waals surface area (Å²) >= 11 is 0. The van der Waals surface area contributed by atoms with E-state index in [2.05, 4.69) is 10.3 Å². The summed E-state index contributed by atoms with van der Waals surface area (Å²) in [6.45, 7) is 3.01. The van der Waals surface area contributed by atoms with Crippen molar-refractivity contribution < 1.29 is 51.3 Å². The van der Waals surface area contributed by atoms with Crippen molar-refractivity contribution in [3.63, 3.8) is 0 Å². The van der Waals surface area contributed by atoms with Crippen molar-refractivity contribution in [2.45, 2.75) is 51.5 Å². The summed E-state index contributed by atoms with van der Waals surface area (Å²) in [4.78, 5) is 46.3. The first kappa shape index (κ1) is 24.9. The first-order chi connectivity index (χ1) is 15.9. The third-order valence-corrected chi connectivity index (χ3v) is 4.57. The quantitative estimate of drug-likeness (QED) is 0.482. The van der Waals surface area contributed by atoms with Gasteiger partial charge in [-0.3, -0.25) is 19.2 Å². The smallest absolute Gasteiger partial charge is 0.456 e. The molecule has 2 aromatic rings. The number of rotatable bonds is 5. The first-order valence-corrected chi connectivity index (χ1v) is 9.73. The summed E-state index contributed by atoms with van der Waals surface area (Å²) in [6, 6.07) is 3.95. The summed E-state index contributed by atoms with van der Waals surface area (Å²) in [5.74, 6) is -4.47. The number of aromatic nitrogens is 3. The Bertz CT molecular complexity index is 1120. The van der Waals surface area contributed by atoms with Crippen LogP contribution in [-0.2, 0) is 38.1 Å². The van der Waals surface area contributed by atoms with Crippen LogP contribution in [0.15, 0.2) is 18.2 Å². The van der Waals surface area contributed by atoms with E-state index in [1.54, 1.807) is 5.32 Å². The molecule has 12 nitrogen and oxygen atoms in total. The molecular formula is C19H19F3N4O8. The number of anilines is 1. The molecule has 0 spiro atoms. The van der Waals surface area contributed by atoms with E-state index in [9.17, 15) is 32.3 Å². The summed E-state index contributed by atoms with van der Waals surface area (Å²) in [5.41, 5.74) is -0.286. The highest BCUT2D eigenvalue weighted by Gasteiger charge is 2.48. The maximum absolute atomic E-state index is 12.7. The standard InChI is InChI=1S/C19H19F3N4O8/c1-8(27)32-13-7-31-17(16(34-10(3)29)15(13)33-9(2)28)26-12-6-4-5-11(14(12)24-25-26)23-18(30)19(20,21)22/h4-6,13,15-17H,7H2,1-3H3,(H,23,30)/t13-,15+,16+,17+/m1/s1. The Kier molecular flexibility index (Phi) is 7.04. The number of benzene rings is 1. The van der Waals surface area contributed by atoms with E-state index in [4.69, 9.17) is 18.9 Å². The van der Waals surface area contributed by atoms with Crippen LogP contribution in [0.2, 0.25) is 0 Å². The third kappa shape index (κ3) is 5.41. The Morgan fingerprint density at radius 3 is 2.24 bits per heavy atom. The minimum absolute atomic E-state index is 0.106. The number of ether oxygens (including phenoxy) is 4. The second-order valence-corrected chi connectivity index (χ2v) is 7.18. The fourth-order valence-electron chi connectivity index (χ4n) is 3.38. The van der Waals surface area contributed by atoms with Gasteiger partial charge in [0.25, 0.3) is 0 Å². The van der Waals surface area contributed by atoms with Gasteiger partial charge in [0, 0.05) is 20.8 Å². The molecule has 1 amide bonds. The topological polar surface area (TPSA) is 148 Å². The Labute approximate surface area is 189 Å². The fourth-order valence-corrected chi connectivity index (χ4v) is 3.38. The second-order valence-electron chi connectivity index (χ2n) is 7.18. The number of amides is 1. The molecule has 0 bridgehead atoms. The largest absolute Gasteiger partial charge is 0.471 e. The Morgan fingerprint density at radius 1 is 1.03 bits per heavy atom. The van der Waals surface area contributed by atoms with Gasteiger partial charge in [-0.2, -0.15) is 13.2 Å². The minimum atomic E-state index is -5.13. The lowest BCUT2D eigenvalue weighted by Crippen LogP contribution is -2.55. The third-order valence-electron chi connectivity index (χ3n) is 4.57. The van der Waals surface area contributed by atoms with Crippen molar-refractivity contribution in [3.05, 3.63) is 18.2 Å². The second kappa shape index (κ2) is 9.62. The van der Waals surface area contributed by atoms with Crippen LogP contribution >= 0.6 is 0 Å². The van der Waals surface area contributed by atoms with Crippen LogP contribution < -0.4 is 5.32 Å². The summed E-state index contributed by atoms with van der Waals surface area (Å²) in [6.07, 6.45) is -10.2. The van der Waals surface area contributed by atoms with Crippen LogP contribution in [0.4, 0.5) is 18.9 Å². The molecule has 0 unspecified atom stereocenters. The van der Waals surface area contributed by atoms with Gasteiger partial charge in [-0.15, -0.1) is 5.10 Å². The van der Waals surface area contributed by atoms with Crippen molar-refractivity contribution in [2.75, 3.05) is 11.9 Å². The zero-order valence-electron chi connectivity index (χ0n) is 18.0. The average molecular weight is 488 g/mol. The number of alkyl halides is 3. The molecule has 1 fully saturated rings. The molecule has 1 saturated heterocycles. The molecule has 34 heavy (non-hydrogen) atoms. The lowest BCUT2D eigenvalue weighted by Gasteiger charge is -2.40. The molecular weight excluding hydrogens is 469 g/mol. The van der Waals surface area contributed by atoms with Gasteiger partial charge in [0.1, 0.15) is 5.52 Å². The number of halogens is 3. The fraction of sp³-hybridized carbons (Fsp3) is 0.474. The molecule has 184 valence electrons. The molecule has 3 rings (SSSR count). The van der Waals surface area contributed by atoms with Crippen molar-refractivity contribution in [1.29, 1.82) is 0 Å². The van der Waals surface area contributed by atoms with E-state index in [0.717, 1.165) is 25.5 Å². The Morgan fingerprint density at radius 2 is 1.65 bits per heavy atom. The molecule has 15 heteroatoms. The van der Waals surface area contributed by atoms with Crippen LogP contribution in [0.1, 0.15) is 27.0 Å². The van der Waals surface area contributed by atoms with Gasteiger partial charge >= 0.3 is 30.0 Å². The maximum Gasteiger partial charge on any atom is 0.471 e. The molecule has 2 heterocycles. The van der Waals surface area contributed by atoms with Crippen LogP contribution in [-0.4, -0.2) is 69.9 Å². The van der Waals surface area contributed by atoms with Crippen LogP contribution in [0.3, 0.4) is 0 Å². The Hall–Kier alpha value is -3.75. The summed E-state index contributed by atoms with van der Waals surface area (Å²) in [5, 5.41) is 9.40.